The molecular formula is C11H16ClNO. The van der Waals surface area contributed by atoms with Crippen molar-refractivity contribution >= 4 is 12.4 Å². The van der Waals surface area contributed by atoms with E-state index in [0.717, 1.165) is 12.8 Å². The zero-order valence-corrected chi connectivity index (χ0v) is 9.10. The maximum Gasteiger partial charge on any atom is 0.0672 e. The van der Waals surface area contributed by atoms with E-state index in [-0.39, 0.29) is 24.6 Å². The standard InChI is InChI=1S/C11H15NO.ClH/c1-12-11(8-13)7-6-9-4-2-3-5-10(9)11;/h2-5,12-13H,6-8H2,1H3;1H. The molecule has 0 bridgehead atoms. The maximum atomic E-state index is 9.40. The molecule has 1 atom stereocenters. The minimum absolute atomic E-state index is 0. The number of aliphatic hydroxyl groups excluding tert-OH is 1. The largest absolute Gasteiger partial charge is 0.394 e. The van der Waals surface area contributed by atoms with E-state index in [1.807, 2.05) is 13.1 Å². The highest BCUT2D eigenvalue weighted by atomic mass is 35.5. The van der Waals surface area contributed by atoms with E-state index in [2.05, 4.69) is 23.5 Å². The van der Waals surface area contributed by atoms with Crippen LogP contribution in [0.25, 0.3) is 0 Å². The Morgan fingerprint density at radius 2 is 2.14 bits per heavy atom. The first-order valence-electron chi connectivity index (χ1n) is 4.70. The van der Waals surface area contributed by atoms with Gasteiger partial charge in [0.05, 0.1) is 12.1 Å². The van der Waals surface area contributed by atoms with E-state index < -0.39 is 0 Å². The topological polar surface area (TPSA) is 32.3 Å². The zero-order valence-electron chi connectivity index (χ0n) is 8.29. The molecule has 2 rings (SSSR count). The van der Waals surface area contributed by atoms with E-state index in [9.17, 15) is 5.11 Å². The molecule has 3 heteroatoms. The second-order valence-corrected chi connectivity index (χ2v) is 3.65. The average Bonchev–Trinajstić information content (AvgIpc) is 2.58. The van der Waals surface area contributed by atoms with Crippen LogP contribution in [0.3, 0.4) is 0 Å². The van der Waals surface area contributed by atoms with Crippen LogP contribution in [-0.4, -0.2) is 18.8 Å². The van der Waals surface area contributed by atoms with Crippen LogP contribution >= 0.6 is 12.4 Å². The van der Waals surface area contributed by atoms with Crippen molar-refractivity contribution in [2.75, 3.05) is 13.7 Å². The molecule has 1 unspecified atom stereocenters. The summed E-state index contributed by atoms with van der Waals surface area (Å²) < 4.78 is 0. The summed E-state index contributed by atoms with van der Waals surface area (Å²) in [5, 5.41) is 12.6. The number of benzene rings is 1. The molecule has 14 heavy (non-hydrogen) atoms. The molecule has 1 aliphatic carbocycles. The lowest BCUT2D eigenvalue weighted by Gasteiger charge is -2.27. The predicted octanol–water partition coefficient (Wildman–Crippen LogP) is 1.46. The Morgan fingerprint density at radius 1 is 1.43 bits per heavy atom. The van der Waals surface area contributed by atoms with Crippen molar-refractivity contribution in [2.24, 2.45) is 0 Å². The van der Waals surface area contributed by atoms with Gasteiger partial charge in [-0.05, 0) is 31.0 Å². The quantitative estimate of drug-likeness (QED) is 0.780. The van der Waals surface area contributed by atoms with E-state index in [4.69, 9.17) is 0 Å². The molecule has 0 spiro atoms. The molecule has 0 aliphatic heterocycles. The Balaban J connectivity index is 0.000000980. The third kappa shape index (κ3) is 1.54. The van der Waals surface area contributed by atoms with Gasteiger partial charge in [-0.1, -0.05) is 24.3 Å². The molecule has 0 heterocycles. The predicted molar refractivity (Wildman–Crippen MR) is 59.8 cm³/mol. The Bertz CT molecular complexity index is 310. The highest BCUT2D eigenvalue weighted by Gasteiger charge is 2.36. The van der Waals surface area contributed by atoms with Crippen molar-refractivity contribution in [3.8, 4) is 0 Å². The molecule has 1 aromatic carbocycles. The van der Waals surface area contributed by atoms with Gasteiger partial charge in [0.2, 0.25) is 0 Å². The SMILES string of the molecule is CNC1(CO)CCc2ccccc21.Cl. The van der Waals surface area contributed by atoms with Crippen LogP contribution < -0.4 is 5.32 Å². The van der Waals surface area contributed by atoms with Gasteiger partial charge >= 0.3 is 0 Å². The van der Waals surface area contributed by atoms with Gasteiger partial charge in [0.15, 0.2) is 0 Å². The van der Waals surface area contributed by atoms with Gasteiger partial charge < -0.3 is 10.4 Å². The summed E-state index contributed by atoms with van der Waals surface area (Å²) in [4.78, 5) is 0. The molecule has 78 valence electrons. The van der Waals surface area contributed by atoms with Gasteiger partial charge in [-0.3, -0.25) is 0 Å². The van der Waals surface area contributed by atoms with E-state index in [0.29, 0.717) is 0 Å². The number of nitrogens with one attached hydrogen (secondary N) is 1. The molecule has 0 fully saturated rings. The van der Waals surface area contributed by atoms with Crippen LogP contribution in [0.15, 0.2) is 24.3 Å². The first kappa shape index (κ1) is 11.5. The third-order valence-corrected chi connectivity index (χ3v) is 3.10. The van der Waals surface area contributed by atoms with Crippen LogP contribution in [-0.2, 0) is 12.0 Å². The maximum absolute atomic E-state index is 9.40. The lowest BCUT2D eigenvalue weighted by molar-refractivity contribution is 0.169. The minimum atomic E-state index is -0.184. The number of hydrogen-bond donors (Lipinski definition) is 2. The van der Waals surface area contributed by atoms with Crippen LogP contribution in [0, 0.1) is 0 Å². The second-order valence-electron chi connectivity index (χ2n) is 3.65. The fourth-order valence-electron chi connectivity index (χ4n) is 2.19. The highest BCUT2D eigenvalue weighted by molar-refractivity contribution is 5.85. The number of rotatable bonds is 2. The summed E-state index contributed by atoms with van der Waals surface area (Å²) in [6.45, 7) is 0.181. The Hall–Kier alpha value is -0.570. The fourth-order valence-corrected chi connectivity index (χ4v) is 2.19. The van der Waals surface area contributed by atoms with Crippen molar-refractivity contribution in [1.82, 2.24) is 5.32 Å². The molecule has 2 nitrogen and oxygen atoms in total. The number of aryl methyl sites for hydroxylation is 1. The number of aliphatic hydroxyl groups is 1. The first-order valence-corrected chi connectivity index (χ1v) is 4.70. The first-order chi connectivity index (χ1) is 6.32. The van der Waals surface area contributed by atoms with Crippen LogP contribution in [0.2, 0.25) is 0 Å². The fraction of sp³-hybridized carbons (Fsp3) is 0.455. The summed E-state index contributed by atoms with van der Waals surface area (Å²) in [5.74, 6) is 0. The Kier molecular flexibility index (Phi) is 3.53. The molecule has 1 aliphatic rings. The van der Waals surface area contributed by atoms with Crippen molar-refractivity contribution in [1.29, 1.82) is 0 Å². The highest BCUT2D eigenvalue weighted by Crippen LogP contribution is 2.35. The lowest BCUT2D eigenvalue weighted by Crippen LogP contribution is -2.41. The van der Waals surface area contributed by atoms with Crippen LogP contribution in [0.4, 0.5) is 0 Å². The summed E-state index contributed by atoms with van der Waals surface area (Å²) in [7, 11) is 1.92. The summed E-state index contributed by atoms with van der Waals surface area (Å²) in [5.41, 5.74) is 2.45. The molecule has 2 N–H and O–H groups in total. The number of fused-ring (bicyclic) bond motifs is 1. The molecule has 0 saturated carbocycles. The van der Waals surface area contributed by atoms with Gasteiger partial charge in [0, 0.05) is 0 Å². The van der Waals surface area contributed by atoms with E-state index >= 15 is 0 Å². The second kappa shape index (κ2) is 4.30. The van der Waals surface area contributed by atoms with Gasteiger partial charge in [-0.25, -0.2) is 0 Å². The number of likely N-dealkylation sites (N-methyl/N-ethyl adjacent to an activating group) is 1. The monoisotopic (exact) mass is 213 g/mol. The smallest absolute Gasteiger partial charge is 0.0672 e. The van der Waals surface area contributed by atoms with Crippen LogP contribution in [0.5, 0.6) is 0 Å². The van der Waals surface area contributed by atoms with Gasteiger partial charge in [0.1, 0.15) is 0 Å². The third-order valence-electron chi connectivity index (χ3n) is 3.10. The molecule has 0 amide bonds. The van der Waals surface area contributed by atoms with E-state index in [1.54, 1.807) is 0 Å². The normalized spacial score (nSPS) is 24.1. The van der Waals surface area contributed by atoms with Gasteiger partial charge in [-0.15, -0.1) is 12.4 Å². The van der Waals surface area contributed by atoms with Gasteiger partial charge in [0.25, 0.3) is 0 Å². The van der Waals surface area contributed by atoms with E-state index in [1.165, 1.54) is 11.1 Å². The van der Waals surface area contributed by atoms with Crippen LogP contribution in [0.1, 0.15) is 17.5 Å². The summed E-state index contributed by atoms with van der Waals surface area (Å²) in [6.07, 6.45) is 2.07. The van der Waals surface area contributed by atoms with Crippen molar-refractivity contribution in [3.63, 3.8) is 0 Å². The average molecular weight is 214 g/mol. The molecule has 0 radical (unpaired) electrons. The van der Waals surface area contributed by atoms with Gasteiger partial charge in [-0.2, -0.15) is 0 Å². The minimum Gasteiger partial charge on any atom is -0.394 e. The zero-order chi connectivity index (χ0) is 9.31. The molecular weight excluding hydrogens is 198 g/mol. The summed E-state index contributed by atoms with van der Waals surface area (Å²) >= 11 is 0. The lowest BCUT2D eigenvalue weighted by atomic mass is 9.93. The number of hydrogen-bond acceptors (Lipinski definition) is 2. The number of halogens is 1. The summed E-state index contributed by atoms with van der Waals surface area (Å²) in [6, 6.07) is 8.34. The molecule has 0 saturated heterocycles. The van der Waals surface area contributed by atoms with Crippen molar-refractivity contribution in [3.05, 3.63) is 35.4 Å². The molecule has 0 aromatic heterocycles. The Morgan fingerprint density at radius 3 is 2.79 bits per heavy atom. The van der Waals surface area contributed by atoms with Crippen molar-refractivity contribution in [2.45, 2.75) is 18.4 Å². The molecule has 1 aromatic rings. The Labute approximate surface area is 90.7 Å². The van der Waals surface area contributed by atoms with Crippen molar-refractivity contribution < 1.29 is 5.11 Å².